The maximum Gasteiger partial charge on any atom is 0.222 e. The molecule has 3 rings (SSSR count). The molecule has 1 amide bonds. The number of carbonyl (C=O) groups is 1. The Morgan fingerprint density at radius 3 is 2.61 bits per heavy atom. The summed E-state index contributed by atoms with van der Waals surface area (Å²) in [6, 6.07) is 12.4. The molecule has 0 saturated carbocycles. The van der Waals surface area contributed by atoms with E-state index in [1.54, 1.807) is 13.2 Å². The molecule has 0 bridgehead atoms. The second-order valence-corrected chi connectivity index (χ2v) is 7.50. The molecular weight excluding hydrogens is 379 g/mol. The van der Waals surface area contributed by atoms with Crippen molar-refractivity contribution in [1.29, 1.82) is 0 Å². The number of ether oxygens (including phenoxy) is 1. The molecule has 0 spiro atoms. The molecule has 4 nitrogen and oxygen atoms in total. The molecule has 2 aromatic rings. The number of rotatable bonds is 6. The van der Waals surface area contributed by atoms with E-state index in [0.29, 0.717) is 24.5 Å². The summed E-state index contributed by atoms with van der Waals surface area (Å²) in [5.74, 6) is 0.694. The molecule has 150 valence electrons. The first-order valence-corrected chi connectivity index (χ1v) is 10.00. The normalized spacial score (nSPS) is 15.3. The van der Waals surface area contributed by atoms with Crippen molar-refractivity contribution in [3.05, 3.63) is 64.4 Å². The van der Waals surface area contributed by atoms with Gasteiger partial charge in [-0.25, -0.2) is 4.39 Å². The molecule has 0 aromatic heterocycles. The summed E-state index contributed by atoms with van der Waals surface area (Å²) in [4.78, 5) is 16.9. The van der Waals surface area contributed by atoms with Crippen molar-refractivity contribution in [1.82, 2.24) is 9.80 Å². The van der Waals surface area contributed by atoms with Crippen LogP contribution in [0.4, 0.5) is 4.39 Å². The lowest BCUT2D eigenvalue weighted by Crippen LogP contribution is -2.35. The van der Waals surface area contributed by atoms with E-state index >= 15 is 0 Å². The SMILES string of the molecule is COc1ccc(CCC(=O)N2CCCN(Cc3ccc(F)cc3Cl)CC2)cc1. The minimum absolute atomic E-state index is 0.192. The molecule has 0 radical (unpaired) electrons. The summed E-state index contributed by atoms with van der Waals surface area (Å²) >= 11 is 6.15. The highest BCUT2D eigenvalue weighted by molar-refractivity contribution is 6.31. The highest BCUT2D eigenvalue weighted by Crippen LogP contribution is 2.20. The van der Waals surface area contributed by atoms with Crippen molar-refractivity contribution in [3.8, 4) is 5.75 Å². The Morgan fingerprint density at radius 1 is 1.11 bits per heavy atom. The van der Waals surface area contributed by atoms with Crippen LogP contribution in [0.25, 0.3) is 0 Å². The summed E-state index contributed by atoms with van der Waals surface area (Å²) in [7, 11) is 1.64. The van der Waals surface area contributed by atoms with Crippen LogP contribution in [0, 0.1) is 5.82 Å². The zero-order valence-electron chi connectivity index (χ0n) is 16.2. The lowest BCUT2D eigenvalue weighted by molar-refractivity contribution is -0.131. The number of hydrogen-bond acceptors (Lipinski definition) is 3. The molecule has 1 aliphatic heterocycles. The van der Waals surface area contributed by atoms with Gasteiger partial charge in [0, 0.05) is 44.2 Å². The van der Waals surface area contributed by atoms with Crippen LogP contribution in [0.15, 0.2) is 42.5 Å². The van der Waals surface area contributed by atoms with Gasteiger partial charge >= 0.3 is 0 Å². The predicted molar refractivity (Wildman–Crippen MR) is 109 cm³/mol. The van der Waals surface area contributed by atoms with Gasteiger partial charge in [0.25, 0.3) is 0 Å². The van der Waals surface area contributed by atoms with Crippen molar-refractivity contribution in [2.45, 2.75) is 25.8 Å². The average molecular weight is 405 g/mol. The van der Waals surface area contributed by atoms with Crippen LogP contribution in [0.5, 0.6) is 5.75 Å². The van der Waals surface area contributed by atoms with Gasteiger partial charge in [0.15, 0.2) is 0 Å². The topological polar surface area (TPSA) is 32.8 Å². The van der Waals surface area contributed by atoms with Gasteiger partial charge in [0.2, 0.25) is 5.91 Å². The van der Waals surface area contributed by atoms with Crippen LogP contribution in [-0.4, -0.2) is 49.0 Å². The second kappa shape index (κ2) is 9.89. The van der Waals surface area contributed by atoms with E-state index in [4.69, 9.17) is 16.3 Å². The summed E-state index contributed by atoms with van der Waals surface area (Å²) in [6.45, 7) is 3.85. The van der Waals surface area contributed by atoms with Crippen LogP contribution >= 0.6 is 11.6 Å². The Kier molecular flexibility index (Phi) is 7.29. The van der Waals surface area contributed by atoms with Crippen molar-refractivity contribution in [3.63, 3.8) is 0 Å². The number of halogens is 2. The minimum atomic E-state index is -0.321. The van der Waals surface area contributed by atoms with Crippen molar-refractivity contribution in [2.24, 2.45) is 0 Å². The average Bonchev–Trinajstić information content (AvgIpc) is 2.94. The van der Waals surface area contributed by atoms with Crippen LogP contribution in [0.1, 0.15) is 24.0 Å². The standard InChI is InChI=1S/C22H26ClFN2O2/c1-28-20-8-3-17(4-9-20)5-10-22(27)26-12-2-11-25(13-14-26)16-18-6-7-19(24)15-21(18)23/h3-4,6-9,15H,2,5,10-14,16H2,1H3. The zero-order chi connectivity index (χ0) is 19.9. The van der Waals surface area contributed by atoms with E-state index in [-0.39, 0.29) is 11.7 Å². The Labute approximate surface area is 170 Å². The monoisotopic (exact) mass is 404 g/mol. The minimum Gasteiger partial charge on any atom is -0.497 e. The van der Waals surface area contributed by atoms with Crippen molar-refractivity contribution in [2.75, 3.05) is 33.3 Å². The zero-order valence-corrected chi connectivity index (χ0v) is 16.9. The maximum absolute atomic E-state index is 13.2. The Morgan fingerprint density at radius 2 is 1.89 bits per heavy atom. The molecule has 1 saturated heterocycles. The fraction of sp³-hybridized carbons (Fsp3) is 0.409. The van der Waals surface area contributed by atoms with Crippen molar-refractivity contribution < 1.29 is 13.9 Å². The van der Waals surface area contributed by atoms with Gasteiger partial charge < -0.3 is 9.64 Å². The molecular formula is C22H26ClFN2O2. The van der Waals surface area contributed by atoms with E-state index in [1.807, 2.05) is 29.2 Å². The first-order valence-electron chi connectivity index (χ1n) is 9.62. The van der Waals surface area contributed by atoms with E-state index in [2.05, 4.69) is 4.90 Å². The quantitative estimate of drug-likeness (QED) is 0.724. The van der Waals surface area contributed by atoms with Crippen molar-refractivity contribution >= 4 is 17.5 Å². The smallest absolute Gasteiger partial charge is 0.222 e. The molecule has 6 heteroatoms. The van der Waals surface area contributed by atoms with Gasteiger partial charge in [-0.2, -0.15) is 0 Å². The first-order chi connectivity index (χ1) is 13.5. The van der Waals surface area contributed by atoms with Crippen LogP contribution in [0.2, 0.25) is 5.02 Å². The summed E-state index contributed by atoms with van der Waals surface area (Å²) in [5.41, 5.74) is 2.05. The summed E-state index contributed by atoms with van der Waals surface area (Å²) in [6.07, 6.45) is 2.16. The summed E-state index contributed by atoms with van der Waals surface area (Å²) in [5, 5.41) is 0.455. The van der Waals surface area contributed by atoms with Gasteiger partial charge in [-0.05, 0) is 48.2 Å². The molecule has 1 aliphatic rings. The number of hydrogen-bond donors (Lipinski definition) is 0. The largest absolute Gasteiger partial charge is 0.497 e. The Bertz CT molecular complexity index is 798. The molecule has 2 aromatic carbocycles. The third kappa shape index (κ3) is 5.69. The molecule has 28 heavy (non-hydrogen) atoms. The van der Waals surface area contributed by atoms with E-state index in [1.165, 1.54) is 12.1 Å². The number of nitrogens with zero attached hydrogens (tertiary/aromatic N) is 2. The lowest BCUT2D eigenvalue weighted by atomic mass is 10.1. The van der Waals surface area contributed by atoms with E-state index < -0.39 is 0 Å². The molecule has 1 heterocycles. The van der Waals surface area contributed by atoms with Crippen LogP contribution in [-0.2, 0) is 17.8 Å². The second-order valence-electron chi connectivity index (χ2n) is 7.09. The van der Waals surface area contributed by atoms with Gasteiger partial charge in [0.05, 0.1) is 7.11 Å². The molecule has 0 N–H and O–H groups in total. The molecule has 1 fully saturated rings. The van der Waals surface area contributed by atoms with Crippen LogP contribution in [0.3, 0.4) is 0 Å². The maximum atomic E-state index is 13.2. The number of amides is 1. The first kappa shape index (κ1) is 20.6. The fourth-order valence-electron chi connectivity index (χ4n) is 3.47. The van der Waals surface area contributed by atoms with Gasteiger partial charge in [0.1, 0.15) is 11.6 Å². The highest BCUT2D eigenvalue weighted by atomic mass is 35.5. The molecule has 0 aliphatic carbocycles. The number of carbonyl (C=O) groups excluding carboxylic acids is 1. The third-order valence-corrected chi connectivity index (χ3v) is 5.49. The lowest BCUT2D eigenvalue weighted by Gasteiger charge is -2.22. The predicted octanol–water partition coefficient (Wildman–Crippen LogP) is 4.15. The third-order valence-electron chi connectivity index (χ3n) is 5.14. The van der Waals surface area contributed by atoms with Gasteiger partial charge in [-0.1, -0.05) is 29.8 Å². The van der Waals surface area contributed by atoms with E-state index in [0.717, 1.165) is 49.4 Å². The van der Waals surface area contributed by atoms with Gasteiger partial charge in [-0.15, -0.1) is 0 Å². The molecule has 0 atom stereocenters. The van der Waals surface area contributed by atoms with E-state index in [9.17, 15) is 9.18 Å². The number of aryl methyl sites for hydroxylation is 1. The number of benzene rings is 2. The van der Waals surface area contributed by atoms with Gasteiger partial charge in [-0.3, -0.25) is 9.69 Å². The van der Waals surface area contributed by atoms with Crippen LogP contribution < -0.4 is 4.74 Å². The summed E-state index contributed by atoms with van der Waals surface area (Å²) < 4.78 is 18.4. The fourth-order valence-corrected chi connectivity index (χ4v) is 3.70. The Balaban J connectivity index is 1.49. The molecule has 0 unspecified atom stereocenters. The number of methoxy groups -OCH3 is 1. The Hall–Kier alpha value is -2.11. The highest BCUT2D eigenvalue weighted by Gasteiger charge is 2.19.